The van der Waals surface area contributed by atoms with E-state index in [4.69, 9.17) is 28.3 Å². The van der Waals surface area contributed by atoms with Gasteiger partial charge in [-0.3, -0.25) is 4.72 Å². The lowest BCUT2D eigenvalue weighted by atomic mass is 10.4. The van der Waals surface area contributed by atoms with Crippen molar-refractivity contribution in [2.75, 3.05) is 4.72 Å². The molecule has 0 aliphatic heterocycles. The second-order valence-corrected chi connectivity index (χ2v) is 6.34. The number of nitrogens with zero attached hydrogens (tertiary/aromatic N) is 3. The van der Waals surface area contributed by atoms with Crippen LogP contribution in [0.2, 0.25) is 10.4 Å². The lowest BCUT2D eigenvalue weighted by Crippen LogP contribution is -2.13. The van der Waals surface area contributed by atoms with Crippen LogP contribution < -0.4 is 4.72 Å². The van der Waals surface area contributed by atoms with Crippen LogP contribution in [0.4, 0.5) is 5.82 Å². The van der Waals surface area contributed by atoms with E-state index in [0.29, 0.717) is 0 Å². The van der Waals surface area contributed by atoms with Crippen molar-refractivity contribution in [1.82, 2.24) is 14.5 Å². The molecule has 0 amide bonds. The molecule has 2 rings (SSSR count). The summed E-state index contributed by atoms with van der Waals surface area (Å²) in [5.74, 6) is -1.37. The normalized spacial score (nSPS) is 11.4. The Labute approximate surface area is 129 Å². The van der Waals surface area contributed by atoms with E-state index in [1.165, 1.54) is 17.7 Å². The summed E-state index contributed by atoms with van der Waals surface area (Å²) in [6, 6.07) is 2.20. The number of rotatable bonds is 4. The fourth-order valence-corrected chi connectivity index (χ4v) is 3.00. The number of nitrogens with one attached hydrogen (secondary N) is 1. The van der Waals surface area contributed by atoms with Crippen molar-refractivity contribution < 1.29 is 18.3 Å². The number of hydrogen-bond donors (Lipinski definition) is 2. The number of aromatic carboxylic acids is 1. The summed E-state index contributed by atoms with van der Waals surface area (Å²) in [4.78, 5) is 17.9. The average molecular weight is 351 g/mol. The lowest BCUT2D eigenvalue weighted by Gasteiger charge is -2.05. The summed E-state index contributed by atoms with van der Waals surface area (Å²) < 4.78 is 27.6. The largest absolute Gasteiger partial charge is 0.477 e. The number of halogens is 2. The van der Waals surface area contributed by atoms with Crippen LogP contribution in [0.15, 0.2) is 23.2 Å². The van der Waals surface area contributed by atoms with E-state index < -0.39 is 16.0 Å². The zero-order chi connectivity index (χ0) is 15.8. The third-order valence-electron chi connectivity index (χ3n) is 2.42. The van der Waals surface area contributed by atoms with Crippen molar-refractivity contribution in [3.63, 3.8) is 0 Å². The summed E-state index contributed by atoms with van der Waals surface area (Å²) in [5, 5.41) is 8.66. The Morgan fingerprint density at radius 1 is 1.33 bits per heavy atom. The fraction of sp³-hybridized carbons (Fsp3) is 0.100. The van der Waals surface area contributed by atoms with Gasteiger partial charge >= 0.3 is 5.97 Å². The van der Waals surface area contributed by atoms with Crippen LogP contribution in [-0.4, -0.2) is 34.0 Å². The molecular weight excluding hydrogens is 343 g/mol. The standard InChI is InChI=1S/C10H8Cl2N4O4S/c1-16-4-5(2-6(16)9(17)18)21(19,20)15-8-3-7(11)13-10(12)14-8/h2-4H,1H3,(H,17,18)(H,13,14,15). The van der Waals surface area contributed by atoms with Crippen LogP contribution in [-0.2, 0) is 17.1 Å². The van der Waals surface area contributed by atoms with Gasteiger partial charge in [-0.05, 0) is 17.7 Å². The predicted octanol–water partition coefficient (Wildman–Crippen LogP) is 1.62. The molecule has 0 radical (unpaired) electrons. The Morgan fingerprint density at radius 3 is 2.52 bits per heavy atom. The molecule has 11 heteroatoms. The lowest BCUT2D eigenvalue weighted by molar-refractivity contribution is 0.0686. The molecule has 0 bridgehead atoms. The van der Waals surface area contributed by atoms with Crippen molar-refractivity contribution in [3.05, 3.63) is 34.5 Å². The van der Waals surface area contributed by atoms with Gasteiger partial charge in [0.05, 0.1) is 0 Å². The third-order valence-corrected chi connectivity index (χ3v) is 4.10. The first-order valence-electron chi connectivity index (χ1n) is 5.31. The number of anilines is 1. The summed E-state index contributed by atoms with van der Waals surface area (Å²) in [6.45, 7) is 0. The highest BCUT2D eigenvalue weighted by Gasteiger charge is 2.21. The molecule has 21 heavy (non-hydrogen) atoms. The van der Waals surface area contributed by atoms with Crippen LogP contribution in [0.1, 0.15) is 10.5 Å². The number of carbonyl (C=O) groups is 1. The summed E-state index contributed by atoms with van der Waals surface area (Å²) >= 11 is 11.2. The monoisotopic (exact) mass is 350 g/mol. The van der Waals surface area contributed by atoms with Crippen LogP contribution in [0, 0.1) is 0 Å². The van der Waals surface area contributed by atoms with E-state index in [-0.39, 0.29) is 26.8 Å². The molecule has 0 spiro atoms. The molecule has 0 saturated carbocycles. The number of aryl methyl sites for hydroxylation is 1. The summed E-state index contributed by atoms with van der Waals surface area (Å²) in [7, 11) is -2.61. The van der Waals surface area contributed by atoms with E-state index in [1.807, 2.05) is 0 Å². The van der Waals surface area contributed by atoms with E-state index in [0.717, 1.165) is 12.3 Å². The smallest absolute Gasteiger partial charge is 0.352 e. The van der Waals surface area contributed by atoms with Crippen LogP contribution in [0.3, 0.4) is 0 Å². The van der Waals surface area contributed by atoms with Crippen molar-refractivity contribution in [1.29, 1.82) is 0 Å². The summed E-state index contributed by atoms with van der Waals surface area (Å²) in [5.41, 5.74) is -0.172. The van der Waals surface area contributed by atoms with Gasteiger partial charge in [0.1, 0.15) is 21.6 Å². The van der Waals surface area contributed by atoms with Gasteiger partial charge in [-0.2, -0.15) is 4.98 Å². The van der Waals surface area contributed by atoms with Crippen molar-refractivity contribution in [2.24, 2.45) is 7.05 Å². The molecule has 0 fully saturated rings. The highest BCUT2D eigenvalue weighted by molar-refractivity contribution is 7.92. The highest BCUT2D eigenvalue weighted by atomic mass is 35.5. The zero-order valence-electron chi connectivity index (χ0n) is 10.4. The molecule has 2 heterocycles. The van der Waals surface area contributed by atoms with Crippen LogP contribution in [0.25, 0.3) is 0 Å². The Morgan fingerprint density at radius 2 is 2.00 bits per heavy atom. The Balaban J connectivity index is 2.38. The SMILES string of the molecule is Cn1cc(S(=O)(=O)Nc2cc(Cl)nc(Cl)n2)cc1C(=O)O. The minimum Gasteiger partial charge on any atom is -0.477 e. The Bertz CT molecular complexity index is 798. The zero-order valence-corrected chi connectivity index (χ0v) is 12.7. The molecule has 0 aliphatic rings. The predicted molar refractivity (Wildman–Crippen MR) is 75.2 cm³/mol. The molecule has 2 aromatic rings. The molecule has 2 N–H and O–H groups in total. The molecule has 0 unspecified atom stereocenters. The first kappa shape index (κ1) is 15.5. The maximum absolute atomic E-state index is 12.1. The molecule has 0 atom stereocenters. The fourth-order valence-electron chi connectivity index (χ4n) is 1.53. The number of hydrogen-bond acceptors (Lipinski definition) is 5. The first-order valence-corrected chi connectivity index (χ1v) is 7.55. The quantitative estimate of drug-likeness (QED) is 0.639. The highest BCUT2D eigenvalue weighted by Crippen LogP contribution is 2.20. The third kappa shape index (κ3) is 3.43. The van der Waals surface area contributed by atoms with Gasteiger partial charge in [0.25, 0.3) is 10.0 Å². The molecular formula is C10H8Cl2N4O4S. The van der Waals surface area contributed by atoms with Gasteiger partial charge in [0.2, 0.25) is 5.28 Å². The number of sulfonamides is 1. The van der Waals surface area contributed by atoms with Gasteiger partial charge in [0, 0.05) is 19.3 Å². The number of carboxylic acid groups (broad SMARTS) is 1. The van der Waals surface area contributed by atoms with E-state index in [9.17, 15) is 13.2 Å². The summed E-state index contributed by atoms with van der Waals surface area (Å²) in [6.07, 6.45) is 1.16. The molecule has 2 aromatic heterocycles. The number of aromatic nitrogens is 3. The maximum atomic E-state index is 12.1. The van der Waals surface area contributed by atoms with E-state index in [1.54, 1.807) is 0 Å². The number of carboxylic acids is 1. The van der Waals surface area contributed by atoms with Gasteiger partial charge in [-0.15, -0.1) is 0 Å². The van der Waals surface area contributed by atoms with E-state index in [2.05, 4.69) is 14.7 Å². The van der Waals surface area contributed by atoms with Gasteiger partial charge in [-0.25, -0.2) is 18.2 Å². The minimum atomic E-state index is -4.02. The second kappa shape index (κ2) is 5.51. The topological polar surface area (TPSA) is 114 Å². The van der Waals surface area contributed by atoms with Crippen molar-refractivity contribution >= 4 is 45.0 Å². The first-order chi connectivity index (χ1) is 9.69. The van der Waals surface area contributed by atoms with Crippen molar-refractivity contribution in [2.45, 2.75) is 4.90 Å². The van der Waals surface area contributed by atoms with Gasteiger partial charge in [0.15, 0.2) is 0 Å². The molecule has 0 aliphatic carbocycles. The Hall–Kier alpha value is -1.84. The van der Waals surface area contributed by atoms with Crippen LogP contribution >= 0.6 is 23.2 Å². The van der Waals surface area contributed by atoms with Crippen LogP contribution in [0.5, 0.6) is 0 Å². The molecule has 112 valence electrons. The molecule has 0 saturated heterocycles. The van der Waals surface area contributed by atoms with Gasteiger partial charge in [-0.1, -0.05) is 11.6 Å². The molecule has 8 nitrogen and oxygen atoms in total. The van der Waals surface area contributed by atoms with E-state index >= 15 is 0 Å². The maximum Gasteiger partial charge on any atom is 0.352 e. The Kier molecular flexibility index (Phi) is 4.08. The minimum absolute atomic E-state index is 0.0352. The average Bonchev–Trinajstić information content (AvgIpc) is 2.70. The second-order valence-electron chi connectivity index (χ2n) is 3.93. The molecule has 0 aromatic carbocycles. The van der Waals surface area contributed by atoms with Gasteiger partial charge < -0.3 is 9.67 Å². The van der Waals surface area contributed by atoms with Crippen molar-refractivity contribution in [3.8, 4) is 0 Å².